The number of hydrogen-bond acceptors (Lipinski definition) is 6. The van der Waals surface area contributed by atoms with Crippen molar-refractivity contribution in [1.29, 1.82) is 0 Å². The molecule has 2 aromatic rings. The van der Waals surface area contributed by atoms with Crippen LogP contribution in [-0.4, -0.2) is 62.0 Å². The van der Waals surface area contributed by atoms with Gasteiger partial charge in [0.1, 0.15) is 12.2 Å². The first kappa shape index (κ1) is 26.9. The smallest absolute Gasteiger partial charge is 0.114 e. The van der Waals surface area contributed by atoms with Gasteiger partial charge in [-0.2, -0.15) is 0 Å². The minimum atomic E-state index is -0.245. The predicted octanol–water partition coefficient (Wildman–Crippen LogP) is 5.55. The quantitative estimate of drug-likeness (QED) is 0.436. The molecule has 0 saturated carbocycles. The van der Waals surface area contributed by atoms with E-state index < -0.39 is 0 Å². The third-order valence-electron chi connectivity index (χ3n) is 8.08. The van der Waals surface area contributed by atoms with Gasteiger partial charge in [-0.15, -0.1) is 0 Å². The molecule has 2 saturated heterocycles. The fourth-order valence-electron chi connectivity index (χ4n) is 6.02. The Hall–Kier alpha value is -2.32. The van der Waals surface area contributed by atoms with Gasteiger partial charge < -0.3 is 28.4 Å². The lowest BCUT2D eigenvalue weighted by Gasteiger charge is -2.36. The van der Waals surface area contributed by atoms with Crippen LogP contribution in [0.25, 0.3) is 0 Å². The second-order valence-corrected chi connectivity index (χ2v) is 10.9. The van der Waals surface area contributed by atoms with Gasteiger partial charge in [0.2, 0.25) is 0 Å². The lowest BCUT2D eigenvalue weighted by Crippen LogP contribution is -2.46. The zero-order chi connectivity index (χ0) is 26.3. The molecule has 0 aromatic heterocycles. The highest BCUT2D eigenvalue weighted by atomic mass is 16.6. The van der Waals surface area contributed by atoms with Crippen molar-refractivity contribution in [2.45, 2.75) is 94.1 Å². The Morgan fingerprint density at radius 3 is 2.26 bits per heavy atom. The van der Waals surface area contributed by atoms with Crippen LogP contribution in [0.5, 0.6) is 0 Å². The molecule has 208 valence electrons. The second kappa shape index (κ2) is 13.4. The molecular weight excluding hydrogens is 492 g/mol. The number of fused-ring (bicyclic) bond motifs is 3. The van der Waals surface area contributed by atoms with Crippen molar-refractivity contribution in [3.8, 4) is 0 Å². The number of benzene rings is 2. The van der Waals surface area contributed by atoms with Crippen LogP contribution in [0.4, 0.5) is 0 Å². The molecule has 2 aromatic carbocycles. The normalized spacial score (nSPS) is 35.3. The standard InChI is InChI=1S/C33H40O6/c1-3-10-24(11-4-1)21-34-23-26-17-18-30-33(37-26)32(36-22-25-12-5-2-6-13-25)20-31-29(38-30)15-8-7-14-27-28(39-31)16-9-19-35-27/h1-8,10-13,17-18,26-33H,9,14-16,19-23H2/b8-7-/t26-,27+,28-,29-,30+,31+,32+,33+/m0/s1. The Balaban J connectivity index is 1.18. The third-order valence-corrected chi connectivity index (χ3v) is 8.08. The molecule has 6 rings (SSSR count). The van der Waals surface area contributed by atoms with E-state index in [9.17, 15) is 0 Å². The minimum Gasteiger partial charge on any atom is -0.375 e. The van der Waals surface area contributed by atoms with Crippen molar-refractivity contribution >= 4 is 0 Å². The van der Waals surface area contributed by atoms with E-state index in [0.717, 1.165) is 43.4 Å². The second-order valence-electron chi connectivity index (χ2n) is 10.9. The molecule has 2 fully saturated rings. The molecule has 6 nitrogen and oxygen atoms in total. The highest BCUT2D eigenvalue weighted by Gasteiger charge is 2.45. The van der Waals surface area contributed by atoms with Gasteiger partial charge in [-0.1, -0.05) is 85.0 Å². The molecule has 0 N–H and O–H groups in total. The summed E-state index contributed by atoms with van der Waals surface area (Å²) in [5, 5.41) is 0. The van der Waals surface area contributed by atoms with E-state index in [0.29, 0.717) is 26.2 Å². The van der Waals surface area contributed by atoms with Crippen molar-refractivity contribution < 1.29 is 28.4 Å². The highest BCUT2D eigenvalue weighted by molar-refractivity contribution is 5.15. The summed E-state index contributed by atoms with van der Waals surface area (Å²) in [7, 11) is 0. The van der Waals surface area contributed by atoms with Gasteiger partial charge in [-0.3, -0.25) is 0 Å². The lowest BCUT2D eigenvalue weighted by molar-refractivity contribution is -0.166. The summed E-state index contributed by atoms with van der Waals surface area (Å²) in [6.07, 6.45) is 12.3. The maximum Gasteiger partial charge on any atom is 0.114 e. The van der Waals surface area contributed by atoms with Gasteiger partial charge in [0.05, 0.1) is 56.4 Å². The molecule has 6 heteroatoms. The van der Waals surface area contributed by atoms with Crippen LogP contribution in [0, 0.1) is 0 Å². The first-order valence-corrected chi connectivity index (χ1v) is 14.5. The van der Waals surface area contributed by atoms with E-state index in [1.807, 2.05) is 36.4 Å². The highest BCUT2D eigenvalue weighted by Crippen LogP contribution is 2.35. The van der Waals surface area contributed by atoms with E-state index in [-0.39, 0.29) is 48.8 Å². The fraction of sp³-hybridized carbons (Fsp3) is 0.515. The Bertz CT molecular complexity index is 1070. The van der Waals surface area contributed by atoms with Gasteiger partial charge in [0.25, 0.3) is 0 Å². The van der Waals surface area contributed by atoms with Gasteiger partial charge in [0, 0.05) is 13.0 Å². The van der Waals surface area contributed by atoms with E-state index in [2.05, 4.69) is 48.6 Å². The maximum atomic E-state index is 6.81. The summed E-state index contributed by atoms with van der Waals surface area (Å²) in [5.74, 6) is 0. The van der Waals surface area contributed by atoms with E-state index >= 15 is 0 Å². The monoisotopic (exact) mass is 532 g/mol. The zero-order valence-electron chi connectivity index (χ0n) is 22.5. The third kappa shape index (κ3) is 7.07. The van der Waals surface area contributed by atoms with Crippen molar-refractivity contribution in [2.75, 3.05) is 13.2 Å². The molecule has 0 amide bonds. The van der Waals surface area contributed by atoms with Gasteiger partial charge >= 0.3 is 0 Å². The Labute approximate surface area is 231 Å². The average Bonchev–Trinajstić information content (AvgIpc) is 3.06. The van der Waals surface area contributed by atoms with E-state index in [4.69, 9.17) is 28.4 Å². The van der Waals surface area contributed by atoms with Gasteiger partial charge in [0.15, 0.2) is 0 Å². The molecule has 0 aliphatic carbocycles. The Morgan fingerprint density at radius 1 is 0.718 bits per heavy atom. The van der Waals surface area contributed by atoms with Crippen LogP contribution in [0.2, 0.25) is 0 Å². The van der Waals surface area contributed by atoms with E-state index in [1.54, 1.807) is 0 Å². The molecule has 0 bridgehead atoms. The largest absolute Gasteiger partial charge is 0.375 e. The van der Waals surface area contributed by atoms with Crippen LogP contribution in [-0.2, 0) is 41.6 Å². The van der Waals surface area contributed by atoms with Crippen LogP contribution < -0.4 is 0 Å². The summed E-state index contributed by atoms with van der Waals surface area (Å²) in [6, 6.07) is 20.5. The van der Waals surface area contributed by atoms with Crippen LogP contribution in [0.1, 0.15) is 43.2 Å². The molecule has 8 atom stereocenters. The SMILES string of the molecule is C1=C[C@H]2O[C@H]3C/C=C\C[C@H]4OCCC[C@@H]4O[C@@H]3C[C@@H](OCc3ccccc3)[C@@H]2O[C@@H]1COCc1ccccc1. The van der Waals surface area contributed by atoms with Gasteiger partial charge in [-0.05, 0) is 36.8 Å². The van der Waals surface area contributed by atoms with E-state index in [1.165, 1.54) is 0 Å². The van der Waals surface area contributed by atoms with Crippen LogP contribution in [0.3, 0.4) is 0 Å². The zero-order valence-corrected chi connectivity index (χ0v) is 22.5. The number of ether oxygens (including phenoxy) is 6. The Kier molecular flexibility index (Phi) is 9.21. The van der Waals surface area contributed by atoms with Crippen LogP contribution >= 0.6 is 0 Å². The summed E-state index contributed by atoms with van der Waals surface area (Å²) in [5.41, 5.74) is 2.29. The number of hydrogen-bond donors (Lipinski definition) is 0. The lowest BCUT2D eigenvalue weighted by atomic mass is 9.98. The minimum absolute atomic E-state index is 0.0705. The van der Waals surface area contributed by atoms with Crippen molar-refractivity contribution in [1.82, 2.24) is 0 Å². The number of rotatable bonds is 7. The first-order chi connectivity index (χ1) is 19.3. The van der Waals surface area contributed by atoms with Gasteiger partial charge in [-0.25, -0.2) is 0 Å². The van der Waals surface area contributed by atoms with Crippen molar-refractivity contribution in [3.05, 3.63) is 96.1 Å². The molecule has 4 aliphatic heterocycles. The summed E-state index contributed by atoms with van der Waals surface area (Å²) >= 11 is 0. The molecule has 0 radical (unpaired) electrons. The molecule has 0 spiro atoms. The van der Waals surface area contributed by atoms with Crippen LogP contribution in [0.15, 0.2) is 85.0 Å². The fourth-order valence-corrected chi connectivity index (χ4v) is 6.02. The molecule has 4 heterocycles. The molecule has 39 heavy (non-hydrogen) atoms. The Morgan fingerprint density at radius 2 is 1.46 bits per heavy atom. The summed E-state index contributed by atoms with van der Waals surface area (Å²) in [4.78, 5) is 0. The summed E-state index contributed by atoms with van der Waals surface area (Å²) in [6.45, 7) is 2.36. The average molecular weight is 533 g/mol. The summed E-state index contributed by atoms with van der Waals surface area (Å²) < 4.78 is 39.0. The molecular formula is C33H40O6. The topological polar surface area (TPSA) is 55.4 Å². The first-order valence-electron chi connectivity index (χ1n) is 14.5. The van der Waals surface area contributed by atoms with Crippen molar-refractivity contribution in [3.63, 3.8) is 0 Å². The predicted molar refractivity (Wildman–Crippen MR) is 148 cm³/mol. The maximum absolute atomic E-state index is 6.81. The van der Waals surface area contributed by atoms with Crippen molar-refractivity contribution in [2.24, 2.45) is 0 Å². The molecule has 4 aliphatic rings. The molecule has 0 unspecified atom stereocenters.